The van der Waals surface area contributed by atoms with Crippen molar-refractivity contribution >= 4 is 24.0 Å². The van der Waals surface area contributed by atoms with E-state index in [2.05, 4.69) is 10.6 Å². The van der Waals surface area contributed by atoms with Crippen LogP contribution in [0.5, 0.6) is 0 Å². The number of benzene rings is 1. The molecule has 2 saturated carbocycles. The topological polar surface area (TPSA) is 41.1 Å². The number of hydrogen-bond donors (Lipinski definition) is 2. The van der Waals surface area contributed by atoms with Crippen molar-refractivity contribution < 1.29 is 4.79 Å². The van der Waals surface area contributed by atoms with Gasteiger partial charge < -0.3 is 10.6 Å². The first kappa shape index (κ1) is 15.2. The fourth-order valence-corrected chi connectivity index (χ4v) is 3.67. The Balaban J connectivity index is 0.00000147. The Morgan fingerprint density at radius 1 is 1.15 bits per heavy atom. The summed E-state index contributed by atoms with van der Waals surface area (Å²) in [7, 11) is 0. The lowest BCUT2D eigenvalue weighted by Crippen LogP contribution is -2.35. The maximum atomic E-state index is 11.8. The fourth-order valence-electron chi connectivity index (χ4n) is 3.67. The van der Waals surface area contributed by atoms with Crippen LogP contribution in [0, 0.1) is 17.8 Å². The minimum absolute atomic E-state index is 0. The molecule has 2 aliphatic rings. The zero-order valence-corrected chi connectivity index (χ0v) is 12.5. The summed E-state index contributed by atoms with van der Waals surface area (Å²) in [5, 5.41) is 6.22. The first-order valence-electron chi connectivity index (χ1n) is 7.37. The van der Waals surface area contributed by atoms with Crippen molar-refractivity contribution in [3.8, 4) is 0 Å². The number of carbonyl (C=O) groups is 1. The molecule has 0 saturated heterocycles. The molecule has 3 unspecified atom stereocenters. The third-order valence-electron chi connectivity index (χ3n) is 4.67. The second kappa shape index (κ2) is 6.98. The van der Waals surface area contributed by atoms with Gasteiger partial charge in [0.1, 0.15) is 0 Å². The Hall–Kier alpha value is -1.22. The summed E-state index contributed by atoms with van der Waals surface area (Å²) in [6.45, 7) is 1.24. The van der Waals surface area contributed by atoms with Gasteiger partial charge in [-0.15, -0.1) is 12.4 Å². The van der Waals surface area contributed by atoms with E-state index in [1.807, 2.05) is 30.3 Å². The van der Waals surface area contributed by atoms with Crippen LogP contribution in [0.2, 0.25) is 0 Å². The molecule has 3 nitrogen and oxygen atoms in total. The highest BCUT2D eigenvalue weighted by atomic mass is 35.5. The van der Waals surface area contributed by atoms with Gasteiger partial charge in [-0.1, -0.05) is 24.6 Å². The number of amides is 1. The number of nitrogens with one attached hydrogen (secondary N) is 2. The van der Waals surface area contributed by atoms with Crippen LogP contribution in [-0.2, 0) is 4.79 Å². The number of hydrogen-bond acceptors (Lipinski definition) is 2. The molecule has 2 bridgehead atoms. The molecule has 20 heavy (non-hydrogen) atoms. The quantitative estimate of drug-likeness (QED) is 0.876. The van der Waals surface area contributed by atoms with E-state index in [9.17, 15) is 4.79 Å². The summed E-state index contributed by atoms with van der Waals surface area (Å²) in [5.74, 6) is 2.67. The van der Waals surface area contributed by atoms with Crippen LogP contribution in [0.4, 0.5) is 5.69 Å². The average molecular weight is 295 g/mol. The first-order valence-corrected chi connectivity index (χ1v) is 7.37. The third-order valence-corrected chi connectivity index (χ3v) is 4.67. The van der Waals surface area contributed by atoms with Crippen molar-refractivity contribution in [1.29, 1.82) is 0 Å². The van der Waals surface area contributed by atoms with E-state index in [4.69, 9.17) is 0 Å². The van der Waals surface area contributed by atoms with Gasteiger partial charge >= 0.3 is 0 Å². The molecule has 2 N–H and O–H groups in total. The average Bonchev–Trinajstić information content (AvgIpc) is 3.06. The highest BCUT2D eigenvalue weighted by Crippen LogP contribution is 2.47. The molecule has 1 amide bonds. The summed E-state index contributed by atoms with van der Waals surface area (Å²) in [4.78, 5) is 11.8. The maximum absolute atomic E-state index is 11.8. The van der Waals surface area contributed by atoms with E-state index in [-0.39, 0.29) is 18.3 Å². The van der Waals surface area contributed by atoms with Crippen LogP contribution in [0.25, 0.3) is 0 Å². The van der Waals surface area contributed by atoms with Crippen molar-refractivity contribution in [1.82, 2.24) is 5.32 Å². The van der Waals surface area contributed by atoms with E-state index >= 15 is 0 Å². The standard InChI is InChI=1S/C16H22N2O.ClH/c19-16(11-17-15-4-2-1-3-5-15)18-10-14-9-12-6-7-13(14)8-12;/h1-5,12-14,17H,6-11H2,(H,18,19);1H. The highest BCUT2D eigenvalue weighted by molar-refractivity contribution is 5.85. The Morgan fingerprint density at radius 3 is 2.60 bits per heavy atom. The van der Waals surface area contributed by atoms with Crippen LogP contribution >= 0.6 is 12.4 Å². The number of carbonyl (C=O) groups excluding carboxylic acids is 1. The number of fused-ring (bicyclic) bond motifs is 2. The minimum atomic E-state index is 0. The molecule has 0 spiro atoms. The molecule has 2 fully saturated rings. The second-order valence-electron chi connectivity index (χ2n) is 5.96. The predicted molar refractivity (Wildman–Crippen MR) is 84.1 cm³/mol. The normalized spacial score (nSPS) is 26.9. The third kappa shape index (κ3) is 3.66. The molecule has 4 heteroatoms. The van der Waals surface area contributed by atoms with E-state index in [0.29, 0.717) is 6.54 Å². The summed E-state index contributed by atoms with van der Waals surface area (Å²) < 4.78 is 0. The zero-order chi connectivity index (χ0) is 13.1. The molecular weight excluding hydrogens is 272 g/mol. The van der Waals surface area contributed by atoms with Gasteiger partial charge in [0, 0.05) is 12.2 Å². The molecule has 2 aliphatic carbocycles. The largest absolute Gasteiger partial charge is 0.376 e. The van der Waals surface area contributed by atoms with Gasteiger partial charge in [-0.2, -0.15) is 0 Å². The Labute approximate surface area is 126 Å². The Kier molecular flexibility index (Phi) is 5.30. The van der Waals surface area contributed by atoms with Gasteiger partial charge in [-0.05, 0) is 49.1 Å². The van der Waals surface area contributed by atoms with E-state index in [1.54, 1.807) is 0 Å². The van der Waals surface area contributed by atoms with Crippen LogP contribution in [0.15, 0.2) is 30.3 Å². The summed E-state index contributed by atoms with van der Waals surface area (Å²) in [5.41, 5.74) is 0.998. The second-order valence-corrected chi connectivity index (χ2v) is 5.96. The van der Waals surface area contributed by atoms with Gasteiger partial charge in [0.2, 0.25) is 5.91 Å². The fraction of sp³-hybridized carbons (Fsp3) is 0.562. The highest BCUT2D eigenvalue weighted by Gasteiger charge is 2.39. The zero-order valence-electron chi connectivity index (χ0n) is 11.7. The van der Waals surface area contributed by atoms with Crippen molar-refractivity contribution in [3.05, 3.63) is 30.3 Å². The maximum Gasteiger partial charge on any atom is 0.239 e. The summed E-state index contributed by atoms with van der Waals surface area (Å²) in [6, 6.07) is 9.86. The lowest BCUT2D eigenvalue weighted by Gasteiger charge is -2.21. The van der Waals surface area contributed by atoms with Crippen molar-refractivity contribution in [3.63, 3.8) is 0 Å². The van der Waals surface area contributed by atoms with Crippen LogP contribution in [-0.4, -0.2) is 19.0 Å². The van der Waals surface area contributed by atoms with E-state index < -0.39 is 0 Å². The Morgan fingerprint density at radius 2 is 1.95 bits per heavy atom. The van der Waals surface area contributed by atoms with Crippen LogP contribution < -0.4 is 10.6 Å². The molecule has 3 atom stereocenters. The smallest absolute Gasteiger partial charge is 0.239 e. The van der Waals surface area contributed by atoms with E-state index in [1.165, 1.54) is 25.7 Å². The number of anilines is 1. The number of halogens is 1. The number of para-hydroxylation sites is 1. The molecular formula is C16H23ClN2O. The van der Waals surface area contributed by atoms with Crippen molar-refractivity contribution in [2.75, 3.05) is 18.4 Å². The lowest BCUT2D eigenvalue weighted by atomic mass is 9.89. The van der Waals surface area contributed by atoms with Gasteiger partial charge in [0.15, 0.2) is 0 Å². The van der Waals surface area contributed by atoms with E-state index in [0.717, 1.165) is 30.0 Å². The molecule has 0 radical (unpaired) electrons. The van der Waals surface area contributed by atoms with Gasteiger partial charge in [-0.3, -0.25) is 4.79 Å². The van der Waals surface area contributed by atoms with Gasteiger partial charge in [0.25, 0.3) is 0 Å². The van der Waals surface area contributed by atoms with Gasteiger partial charge in [-0.25, -0.2) is 0 Å². The molecule has 1 aromatic carbocycles. The van der Waals surface area contributed by atoms with Crippen molar-refractivity contribution in [2.45, 2.75) is 25.7 Å². The van der Waals surface area contributed by atoms with Gasteiger partial charge in [0.05, 0.1) is 6.54 Å². The summed E-state index contributed by atoms with van der Waals surface area (Å²) >= 11 is 0. The van der Waals surface area contributed by atoms with Crippen LogP contribution in [0.1, 0.15) is 25.7 Å². The number of rotatable bonds is 5. The predicted octanol–water partition coefficient (Wildman–Crippen LogP) is 3.07. The molecule has 0 aromatic heterocycles. The SMILES string of the molecule is Cl.O=C(CNc1ccccc1)NCC1CC2CCC1C2. The molecule has 1 aromatic rings. The molecule has 0 aliphatic heterocycles. The van der Waals surface area contributed by atoms with Crippen LogP contribution in [0.3, 0.4) is 0 Å². The molecule has 3 rings (SSSR count). The summed E-state index contributed by atoms with van der Waals surface area (Å²) in [6.07, 6.45) is 5.54. The Bertz CT molecular complexity index is 437. The minimum Gasteiger partial charge on any atom is -0.376 e. The first-order chi connectivity index (χ1) is 9.31. The monoisotopic (exact) mass is 294 g/mol. The molecule has 110 valence electrons. The lowest BCUT2D eigenvalue weighted by molar-refractivity contribution is -0.119. The molecule has 0 heterocycles. The van der Waals surface area contributed by atoms with Crippen molar-refractivity contribution in [2.24, 2.45) is 17.8 Å².